The maximum atomic E-state index is 2.46. The number of hydrogen-bond acceptors (Lipinski definition) is 1. The Balaban J connectivity index is 2.89. The van der Waals surface area contributed by atoms with Crippen molar-refractivity contribution in [3.8, 4) is 0 Å². The highest BCUT2D eigenvalue weighted by Gasteiger charge is 2.35. The molecule has 0 aromatic carbocycles. The zero-order chi connectivity index (χ0) is 11.7. The van der Waals surface area contributed by atoms with Crippen LogP contribution < -0.4 is 0 Å². The molecule has 88 valence electrons. The minimum Gasteiger partial charge on any atom is -0.124 e. The van der Waals surface area contributed by atoms with Gasteiger partial charge in [0.15, 0.2) is 0 Å². The van der Waals surface area contributed by atoms with Gasteiger partial charge in [-0.05, 0) is 37.0 Å². The van der Waals surface area contributed by atoms with Crippen LogP contribution in [-0.2, 0) is 0 Å². The number of hydrogen-bond donors (Lipinski definition) is 0. The monoisotopic (exact) mass is 226 g/mol. The van der Waals surface area contributed by atoms with Gasteiger partial charge < -0.3 is 0 Å². The molecule has 0 spiro atoms. The average molecular weight is 226 g/mol. The second-order valence-corrected chi connectivity index (χ2v) is 8.15. The van der Waals surface area contributed by atoms with Gasteiger partial charge >= 0.3 is 0 Å². The minimum atomic E-state index is 0.345. The van der Waals surface area contributed by atoms with Gasteiger partial charge in [-0.15, -0.1) is 11.8 Å². The zero-order valence-corrected chi connectivity index (χ0v) is 12.1. The molecule has 0 nitrogen and oxygen atoms in total. The molecule has 15 heavy (non-hydrogen) atoms. The van der Waals surface area contributed by atoms with Crippen LogP contribution in [0.2, 0.25) is 0 Å². The first-order chi connectivity index (χ1) is 6.75. The number of rotatable bonds is 2. The lowest BCUT2D eigenvalue weighted by Gasteiger charge is -2.33. The largest absolute Gasteiger partial charge is 0.124 e. The van der Waals surface area contributed by atoms with Crippen molar-refractivity contribution in [3.05, 3.63) is 10.5 Å². The molecule has 1 aliphatic rings. The quantitative estimate of drug-likeness (QED) is 0.608. The lowest BCUT2D eigenvalue weighted by Crippen LogP contribution is -2.19. The third-order valence-corrected chi connectivity index (χ3v) is 4.84. The maximum absolute atomic E-state index is 2.46. The van der Waals surface area contributed by atoms with E-state index in [1.165, 1.54) is 31.3 Å². The molecule has 1 aliphatic carbocycles. The highest BCUT2D eigenvalue weighted by atomic mass is 32.2. The topological polar surface area (TPSA) is 0 Å². The summed E-state index contributed by atoms with van der Waals surface area (Å²) in [6.45, 7) is 14.0. The van der Waals surface area contributed by atoms with Crippen molar-refractivity contribution in [1.82, 2.24) is 0 Å². The Labute approximate surface area is 99.9 Å². The fraction of sp³-hybridized carbons (Fsp3) is 0.857. The molecule has 0 radical (unpaired) electrons. The van der Waals surface area contributed by atoms with Crippen molar-refractivity contribution in [1.29, 1.82) is 0 Å². The van der Waals surface area contributed by atoms with E-state index in [1.54, 1.807) is 4.91 Å². The van der Waals surface area contributed by atoms with Crippen LogP contribution in [0.5, 0.6) is 0 Å². The predicted octanol–water partition coefficient (Wildman–Crippen LogP) is 5.39. The first-order valence-electron chi connectivity index (χ1n) is 6.12. The van der Waals surface area contributed by atoms with Crippen molar-refractivity contribution >= 4 is 11.8 Å². The van der Waals surface area contributed by atoms with Crippen molar-refractivity contribution in [3.63, 3.8) is 0 Å². The molecule has 0 amide bonds. The van der Waals surface area contributed by atoms with Gasteiger partial charge in [-0.1, -0.05) is 46.1 Å². The summed E-state index contributed by atoms with van der Waals surface area (Å²) in [5.41, 5.74) is 2.01. The summed E-state index contributed by atoms with van der Waals surface area (Å²) >= 11 is 2.09. The Morgan fingerprint density at radius 2 is 1.53 bits per heavy atom. The Kier molecular flexibility index (Phi) is 3.97. The van der Waals surface area contributed by atoms with Gasteiger partial charge in [0.2, 0.25) is 0 Å². The molecule has 1 rings (SSSR count). The van der Waals surface area contributed by atoms with Crippen LogP contribution in [0.1, 0.15) is 67.2 Å². The van der Waals surface area contributed by atoms with Crippen LogP contribution in [0.3, 0.4) is 0 Å². The van der Waals surface area contributed by atoms with Crippen LogP contribution >= 0.6 is 11.8 Å². The fourth-order valence-corrected chi connectivity index (χ4v) is 3.78. The van der Waals surface area contributed by atoms with Crippen LogP contribution in [0.25, 0.3) is 0 Å². The van der Waals surface area contributed by atoms with Gasteiger partial charge in [-0.3, -0.25) is 0 Å². The fourth-order valence-electron chi connectivity index (χ4n) is 2.52. The van der Waals surface area contributed by atoms with E-state index in [9.17, 15) is 0 Å². The highest BCUT2D eigenvalue weighted by molar-refractivity contribution is 8.04. The zero-order valence-electron chi connectivity index (χ0n) is 11.2. The smallest absolute Gasteiger partial charge is 0.0119 e. The summed E-state index contributed by atoms with van der Waals surface area (Å²) < 4.78 is 0.345. The summed E-state index contributed by atoms with van der Waals surface area (Å²) in [7, 11) is 0. The molecule has 0 aromatic heterocycles. The van der Waals surface area contributed by atoms with E-state index >= 15 is 0 Å². The van der Waals surface area contributed by atoms with E-state index in [4.69, 9.17) is 0 Å². The van der Waals surface area contributed by atoms with Gasteiger partial charge in [-0.25, -0.2) is 0 Å². The molecule has 0 unspecified atom stereocenters. The Hall–Kier alpha value is 0.0900. The lowest BCUT2D eigenvalue weighted by molar-refractivity contribution is 0.433. The summed E-state index contributed by atoms with van der Waals surface area (Å²) in [4.78, 5) is 1.66. The van der Waals surface area contributed by atoms with E-state index in [2.05, 4.69) is 53.3 Å². The SMILES string of the molecule is CC(C)=C(SC(C)(C)C)C1(C)CCCC1. The molecular weight excluding hydrogens is 200 g/mol. The second kappa shape index (κ2) is 4.53. The maximum Gasteiger partial charge on any atom is 0.0119 e. The predicted molar refractivity (Wildman–Crippen MR) is 72.3 cm³/mol. The van der Waals surface area contributed by atoms with Gasteiger partial charge in [0.1, 0.15) is 0 Å². The average Bonchev–Trinajstić information content (AvgIpc) is 2.47. The van der Waals surface area contributed by atoms with Crippen molar-refractivity contribution in [2.45, 2.75) is 72.0 Å². The number of allylic oxidation sites excluding steroid dienone is 2. The van der Waals surface area contributed by atoms with Crippen molar-refractivity contribution in [2.24, 2.45) is 5.41 Å². The highest BCUT2D eigenvalue weighted by Crippen LogP contribution is 2.52. The molecule has 0 N–H and O–H groups in total. The van der Waals surface area contributed by atoms with Crippen LogP contribution in [0, 0.1) is 5.41 Å². The van der Waals surface area contributed by atoms with Crippen LogP contribution in [0.15, 0.2) is 10.5 Å². The molecule has 0 bridgehead atoms. The second-order valence-electron chi connectivity index (χ2n) is 6.31. The molecule has 1 saturated carbocycles. The van der Waals surface area contributed by atoms with E-state index in [1.807, 2.05) is 0 Å². The van der Waals surface area contributed by atoms with E-state index < -0.39 is 0 Å². The van der Waals surface area contributed by atoms with E-state index in [-0.39, 0.29) is 0 Å². The summed E-state index contributed by atoms with van der Waals surface area (Å²) in [5, 5.41) is 0. The molecule has 0 aromatic rings. The van der Waals surface area contributed by atoms with E-state index in [0.29, 0.717) is 10.2 Å². The molecule has 1 heteroatoms. The Morgan fingerprint density at radius 1 is 1.07 bits per heavy atom. The standard InChI is InChI=1S/C14H26S/c1-11(2)12(15-13(3,4)5)14(6)9-7-8-10-14/h7-10H2,1-6H3. The van der Waals surface area contributed by atoms with Gasteiger partial charge in [-0.2, -0.15) is 0 Å². The molecule has 0 atom stereocenters. The molecule has 0 heterocycles. The summed E-state index contributed by atoms with van der Waals surface area (Å²) in [5.74, 6) is 0. The Bertz CT molecular complexity index is 245. The Morgan fingerprint density at radius 3 is 1.87 bits per heavy atom. The van der Waals surface area contributed by atoms with Crippen LogP contribution in [-0.4, -0.2) is 4.75 Å². The normalized spacial score (nSPS) is 20.4. The van der Waals surface area contributed by atoms with Crippen molar-refractivity contribution in [2.75, 3.05) is 0 Å². The summed E-state index contributed by atoms with van der Waals surface area (Å²) in [6, 6.07) is 0. The molecule has 0 saturated heterocycles. The third kappa shape index (κ3) is 3.55. The minimum absolute atomic E-state index is 0.345. The van der Waals surface area contributed by atoms with Gasteiger partial charge in [0.25, 0.3) is 0 Å². The molecule has 0 aliphatic heterocycles. The first-order valence-corrected chi connectivity index (χ1v) is 6.93. The van der Waals surface area contributed by atoms with Crippen molar-refractivity contribution < 1.29 is 0 Å². The van der Waals surface area contributed by atoms with Crippen LogP contribution in [0.4, 0.5) is 0 Å². The molecule has 1 fully saturated rings. The third-order valence-electron chi connectivity index (χ3n) is 3.12. The van der Waals surface area contributed by atoms with Gasteiger partial charge in [0.05, 0.1) is 0 Å². The number of thioether (sulfide) groups is 1. The summed E-state index contributed by atoms with van der Waals surface area (Å²) in [6.07, 6.45) is 5.60. The molecular formula is C14H26S. The van der Waals surface area contributed by atoms with Gasteiger partial charge in [0, 0.05) is 4.75 Å². The van der Waals surface area contributed by atoms with E-state index in [0.717, 1.165) is 0 Å². The lowest BCUT2D eigenvalue weighted by atomic mass is 9.86. The first kappa shape index (κ1) is 13.2.